The lowest BCUT2D eigenvalue weighted by Gasteiger charge is -2.27. The summed E-state index contributed by atoms with van der Waals surface area (Å²) in [5, 5.41) is 14.0. The normalized spacial score (nSPS) is 12.3. The van der Waals surface area contributed by atoms with Crippen LogP contribution in [-0.4, -0.2) is 16.4 Å². The lowest BCUT2D eigenvalue weighted by atomic mass is 10.0. The molecule has 1 N–H and O–H groups in total. The van der Waals surface area contributed by atoms with Crippen molar-refractivity contribution in [3.8, 4) is 5.75 Å². The number of ether oxygens (including phenoxy) is 1. The minimum atomic E-state index is -1.26. The number of nitrogens with zero attached hydrogens (tertiary/aromatic N) is 1. The van der Waals surface area contributed by atoms with E-state index in [2.05, 4.69) is 12.2 Å². The molecule has 0 heterocycles. The van der Waals surface area contributed by atoms with Crippen LogP contribution < -0.4 is 10.1 Å². The molecule has 2 rings (SSSR count). The molecule has 0 unspecified atom stereocenters. The van der Waals surface area contributed by atoms with Gasteiger partial charge in [0, 0.05) is 6.07 Å². The summed E-state index contributed by atoms with van der Waals surface area (Å²) in [6.45, 7) is 7.15. The number of amides is 1. The number of nitro benzene ring substituents is 1. The molecule has 0 aliphatic rings. The van der Waals surface area contributed by atoms with Crippen molar-refractivity contribution in [2.24, 2.45) is 0 Å². The van der Waals surface area contributed by atoms with Gasteiger partial charge in [-0.15, -0.1) is 0 Å². The highest BCUT2D eigenvalue weighted by Gasteiger charge is 2.33. The van der Waals surface area contributed by atoms with Crippen molar-refractivity contribution in [1.29, 1.82) is 0 Å². The fourth-order valence-electron chi connectivity index (χ4n) is 2.51. The fraction of sp³-hybridized carbons (Fsp3) is 0.350. The van der Waals surface area contributed by atoms with Gasteiger partial charge in [0.25, 0.3) is 5.91 Å². The van der Waals surface area contributed by atoms with Gasteiger partial charge in [-0.1, -0.05) is 43.3 Å². The molecule has 2 aromatic rings. The Morgan fingerprint density at radius 3 is 2.38 bits per heavy atom. The number of nitrogens with one attached hydrogen (secondary N) is 1. The third kappa shape index (κ3) is 4.59. The van der Waals surface area contributed by atoms with E-state index in [1.54, 1.807) is 26.0 Å². The lowest BCUT2D eigenvalue weighted by molar-refractivity contribution is -0.386. The Bertz CT molecular complexity index is 785. The highest BCUT2D eigenvalue weighted by Crippen LogP contribution is 2.29. The van der Waals surface area contributed by atoms with E-state index in [4.69, 9.17) is 4.74 Å². The van der Waals surface area contributed by atoms with Gasteiger partial charge in [0.05, 0.1) is 11.0 Å². The number of hydrogen-bond acceptors (Lipinski definition) is 4. The van der Waals surface area contributed by atoms with Gasteiger partial charge in [-0.25, -0.2) is 0 Å². The van der Waals surface area contributed by atoms with Gasteiger partial charge >= 0.3 is 5.69 Å². The van der Waals surface area contributed by atoms with Crippen molar-refractivity contribution in [3.63, 3.8) is 0 Å². The molecule has 1 amide bonds. The summed E-state index contributed by atoms with van der Waals surface area (Å²) in [7, 11) is 0. The van der Waals surface area contributed by atoms with Crippen LogP contribution >= 0.6 is 0 Å². The van der Waals surface area contributed by atoms with E-state index in [0.29, 0.717) is 0 Å². The molecule has 0 aliphatic heterocycles. The average molecular weight is 356 g/mol. The number of hydrogen-bond donors (Lipinski definition) is 1. The van der Waals surface area contributed by atoms with Gasteiger partial charge in [-0.3, -0.25) is 14.9 Å². The third-order valence-corrected chi connectivity index (χ3v) is 4.21. The maximum absolute atomic E-state index is 12.7. The number of carbonyl (C=O) groups excluding carboxylic acids is 1. The quantitative estimate of drug-likeness (QED) is 0.596. The van der Waals surface area contributed by atoms with Gasteiger partial charge in [-0.05, 0) is 44.4 Å². The zero-order valence-corrected chi connectivity index (χ0v) is 15.5. The molecule has 0 fully saturated rings. The van der Waals surface area contributed by atoms with E-state index >= 15 is 0 Å². The molecule has 0 spiro atoms. The summed E-state index contributed by atoms with van der Waals surface area (Å²) in [6, 6.07) is 13.9. The fourth-order valence-corrected chi connectivity index (χ4v) is 2.51. The predicted molar refractivity (Wildman–Crippen MR) is 100 cm³/mol. The van der Waals surface area contributed by atoms with Crippen LogP contribution in [0.4, 0.5) is 5.69 Å². The van der Waals surface area contributed by atoms with Crippen LogP contribution in [0.2, 0.25) is 0 Å². The Hall–Kier alpha value is -2.89. The van der Waals surface area contributed by atoms with Crippen LogP contribution in [0.3, 0.4) is 0 Å². The van der Waals surface area contributed by atoms with E-state index in [-0.39, 0.29) is 23.4 Å². The second-order valence-corrected chi connectivity index (χ2v) is 6.63. The van der Waals surface area contributed by atoms with E-state index in [0.717, 1.165) is 12.0 Å². The highest BCUT2D eigenvalue weighted by molar-refractivity contribution is 5.85. The van der Waals surface area contributed by atoms with Crippen molar-refractivity contribution in [2.45, 2.75) is 45.8 Å². The second-order valence-electron chi connectivity index (χ2n) is 6.63. The second kappa shape index (κ2) is 7.99. The highest BCUT2D eigenvalue weighted by atomic mass is 16.6. The number of para-hydroxylation sites is 2. The lowest BCUT2D eigenvalue weighted by Crippen LogP contribution is -2.47. The van der Waals surface area contributed by atoms with E-state index < -0.39 is 10.5 Å². The van der Waals surface area contributed by atoms with E-state index in [9.17, 15) is 14.9 Å². The van der Waals surface area contributed by atoms with E-state index in [1.807, 2.05) is 31.2 Å². The van der Waals surface area contributed by atoms with Gasteiger partial charge in [0.15, 0.2) is 11.4 Å². The SMILES string of the molecule is CCc1ccc([C@H](C)NC(=O)C(C)(C)Oc2ccccc2[N+](=O)[O-])cc1. The van der Waals surface area contributed by atoms with Gasteiger partial charge < -0.3 is 10.1 Å². The Morgan fingerprint density at radius 1 is 1.19 bits per heavy atom. The zero-order chi connectivity index (χ0) is 19.3. The largest absolute Gasteiger partial charge is 0.471 e. The van der Waals surface area contributed by atoms with Crippen molar-refractivity contribution < 1.29 is 14.5 Å². The smallest absolute Gasteiger partial charge is 0.310 e. The molecule has 6 nitrogen and oxygen atoms in total. The minimum Gasteiger partial charge on any atom is -0.471 e. The molecular weight excluding hydrogens is 332 g/mol. The molecule has 26 heavy (non-hydrogen) atoms. The number of nitro groups is 1. The molecule has 2 aromatic carbocycles. The number of benzene rings is 2. The van der Waals surface area contributed by atoms with Crippen LogP contribution in [-0.2, 0) is 11.2 Å². The summed E-state index contributed by atoms with van der Waals surface area (Å²) in [5.74, 6) is -0.277. The molecule has 6 heteroatoms. The van der Waals surface area contributed by atoms with Gasteiger partial charge in [0.2, 0.25) is 0 Å². The van der Waals surface area contributed by atoms with E-state index in [1.165, 1.54) is 17.7 Å². The summed E-state index contributed by atoms with van der Waals surface area (Å²) in [4.78, 5) is 23.2. The molecule has 0 saturated carbocycles. The third-order valence-electron chi connectivity index (χ3n) is 4.21. The molecule has 0 radical (unpaired) electrons. The first kappa shape index (κ1) is 19.4. The monoisotopic (exact) mass is 356 g/mol. The van der Waals surface area contributed by atoms with Crippen LogP contribution in [0.25, 0.3) is 0 Å². The number of rotatable bonds is 7. The number of carbonyl (C=O) groups is 1. The average Bonchev–Trinajstić information content (AvgIpc) is 2.61. The van der Waals surface area contributed by atoms with Crippen molar-refractivity contribution in [2.75, 3.05) is 0 Å². The first-order chi connectivity index (χ1) is 12.2. The Kier molecular flexibility index (Phi) is 5.97. The van der Waals surface area contributed by atoms with Crippen LogP contribution in [0.5, 0.6) is 5.75 Å². The number of aryl methyl sites for hydroxylation is 1. The molecule has 0 saturated heterocycles. The van der Waals surface area contributed by atoms with Crippen LogP contribution in [0.15, 0.2) is 48.5 Å². The van der Waals surface area contributed by atoms with Crippen LogP contribution in [0, 0.1) is 10.1 Å². The molecule has 138 valence electrons. The molecule has 1 atom stereocenters. The zero-order valence-electron chi connectivity index (χ0n) is 15.5. The topological polar surface area (TPSA) is 81.5 Å². The molecular formula is C20H24N2O4. The summed E-state index contributed by atoms with van der Waals surface area (Å²) < 4.78 is 5.68. The van der Waals surface area contributed by atoms with Crippen molar-refractivity contribution >= 4 is 11.6 Å². The predicted octanol–water partition coefficient (Wildman–Crippen LogP) is 4.19. The van der Waals surface area contributed by atoms with Gasteiger partial charge in [0.1, 0.15) is 0 Å². The van der Waals surface area contributed by atoms with Gasteiger partial charge in [-0.2, -0.15) is 0 Å². The standard InChI is InChI=1S/C20H24N2O4/c1-5-15-10-12-16(13-11-15)14(2)21-19(23)20(3,4)26-18-9-7-6-8-17(18)22(24)25/h6-14H,5H2,1-4H3,(H,21,23)/t14-/m0/s1. The molecule has 0 aromatic heterocycles. The summed E-state index contributed by atoms with van der Waals surface area (Å²) >= 11 is 0. The maximum atomic E-state index is 12.7. The molecule has 0 aliphatic carbocycles. The Morgan fingerprint density at radius 2 is 1.81 bits per heavy atom. The Balaban J connectivity index is 2.10. The van der Waals surface area contributed by atoms with Crippen molar-refractivity contribution in [3.05, 3.63) is 69.8 Å². The minimum absolute atomic E-state index is 0.0672. The first-order valence-electron chi connectivity index (χ1n) is 8.57. The Labute approximate surface area is 153 Å². The van der Waals surface area contributed by atoms with Crippen molar-refractivity contribution in [1.82, 2.24) is 5.32 Å². The summed E-state index contributed by atoms with van der Waals surface area (Å²) in [6.07, 6.45) is 0.956. The van der Waals surface area contributed by atoms with Crippen LogP contribution in [0.1, 0.15) is 44.9 Å². The first-order valence-corrected chi connectivity index (χ1v) is 8.57. The molecule has 0 bridgehead atoms. The summed E-state index contributed by atoms with van der Waals surface area (Å²) in [5.41, 5.74) is 0.782. The maximum Gasteiger partial charge on any atom is 0.310 e.